The topological polar surface area (TPSA) is 62.8 Å². The quantitative estimate of drug-likeness (QED) is 0.452. The van der Waals surface area contributed by atoms with E-state index in [2.05, 4.69) is 5.32 Å². The summed E-state index contributed by atoms with van der Waals surface area (Å²) in [5.74, 6) is 0.322. The van der Waals surface area contributed by atoms with Gasteiger partial charge in [0, 0.05) is 5.92 Å². The molecule has 2 fully saturated rings. The number of primary amides is 1. The third-order valence-electron chi connectivity index (χ3n) is 3.54. The number of nitrogens with two attached hydrogens (primary N) is 1. The Bertz CT molecular complexity index is 266. The molecule has 1 saturated carbocycles. The van der Waals surface area contributed by atoms with E-state index in [0.29, 0.717) is 5.92 Å². The van der Waals surface area contributed by atoms with Crippen molar-refractivity contribution in [1.29, 1.82) is 0 Å². The molecule has 1 aliphatic carbocycles. The number of amides is 3. The third kappa shape index (κ3) is 4.67. The number of urea groups is 1. The smallest absolute Gasteiger partial charge is 0.420 e. The lowest BCUT2D eigenvalue weighted by atomic mass is 9.86. The highest BCUT2D eigenvalue weighted by Crippen LogP contribution is 2.24. The first-order valence-electron chi connectivity index (χ1n) is 5.97. The standard InChI is InChI=1S/C11H18N2O2.2BrH/c14-10-9(12-11(15)13-10)8-6-4-2-1-3-5-7-8;;/h8-9H,1-7H2,(H2,12,13,14,15);2*1H/p-1. The highest BCUT2D eigenvalue weighted by molar-refractivity contribution is 5.97. The van der Waals surface area contributed by atoms with E-state index in [9.17, 15) is 9.59 Å². The number of imide groups is 1. The van der Waals surface area contributed by atoms with Crippen LogP contribution in [-0.2, 0) is 4.79 Å². The Morgan fingerprint density at radius 3 is 1.94 bits per heavy atom. The van der Waals surface area contributed by atoms with E-state index in [1.54, 1.807) is 5.32 Å². The summed E-state index contributed by atoms with van der Waals surface area (Å²) >= 11 is 0. The largest absolute Gasteiger partial charge is 1.00 e. The molecule has 2 aliphatic rings. The molecule has 2 rings (SSSR count). The molecule has 6 heteroatoms. The van der Waals surface area contributed by atoms with Gasteiger partial charge in [-0.05, 0) is 12.8 Å². The third-order valence-corrected chi connectivity index (χ3v) is 3.54. The molecule has 1 heterocycles. The molecule has 0 aromatic carbocycles. The normalized spacial score (nSPS) is 26.2. The van der Waals surface area contributed by atoms with E-state index in [1.165, 1.54) is 32.1 Å². The highest BCUT2D eigenvalue weighted by Gasteiger charge is 2.40. The molecular formula is C11H19Br2N2O2-. The average molecular weight is 371 g/mol. The summed E-state index contributed by atoms with van der Waals surface area (Å²) < 4.78 is 0. The second-order valence-corrected chi connectivity index (χ2v) is 4.65. The summed E-state index contributed by atoms with van der Waals surface area (Å²) in [7, 11) is 0. The number of hydrogen-bond donors (Lipinski definition) is 2. The highest BCUT2D eigenvalue weighted by atomic mass is 79.9. The first-order chi connectivity index (χ1) is 7.27. The molecule has 4 nitrogen and oxygen atoms in total. The first-order valence-corrected chi connectivity index (χ1v) is 5.97. The van der Waals surface area contributed by atoms with Crippen LogP contribution in [0.5, 0.6) is 0 Å². The summed E-state index contributed by atoms with van der Waals surface area (Å²) in [6.45, 7) is 0. The molecule has 0 bridgehead atoms. The van der Waals surface area contributed by atoms with Gasteiger partial charge in [-0.2, -0.15) is 0 Å². The second kappa shape index (κ2) is 8.21. The van der Waals surface area contributed by atoms with Gasteiger partial charge < -0.3 is 34.0 Å². The van der Waals surface area contributed by atoms with Crippen LogP contribution in [0, 0.1) is 5.92 Å². The van der Waals surface area contributed by atoms with Crippen molar-refractivity contribution in [3.8, 4) is 0 Å². The van der Waals surface area contributed by atoms with Gasteiger partial charge in [0.1, 0.15) is 0 Å². The van der Waals surface area contributed by atoms with Gasteiger partial charge in [0.2, 0.25) is 0 Å². The van der Waals surface area contributed by atoms with Gasteiger partial charge in [0.05, 0.1) is 0 Å². The zero-order valence-corrected chi connectivity index (χ0v) is 12.9. The fourth-order valence-electron chi connectivity index (χ4n) is 2.68. The van der Waals surface area contributed by atoms with Crippen LogP contribution in [0.3, 0.4) is 0 Å². The van der Waals surface area contributed by atoms with E-state index >= 15 is 0 Å². The summed E-state index contributed by atoms with van der Waals surface area (Å²) in [5.41, 5.74) is 0. The lowest BCUT2D eigenvalue weighted by molar-refractivity contribution is -0.579. The molecule has 1 aliphatic heterocycles. The molecule has 3 amide bonds. The van der Waals surface area contributed by atoms with Crippen LogP contribution in [0.4, 0.5) is 4.79 Å². The van der Waals surface area contributed by atoms with Crippen molar-refractivity contribution in [3.05, 3.63) is 0 Å². The van der Waals surface area contributed by atoms with Crippen LogP contribution in [0.1, 0.15) is 44.9 Å². The molecule has 1 atom stereocenters. The number of carbonyl (C=O) groups is 2. The Hall–Kier alpha value is 0.0600. The maximum Gasteiger partial charge on any atom is 0.420 e. The van der Waals surface area contributed by atoms with Gasteiger partial charge >= 0.3 is 6.03 Å². The van der Waals surface area contributed by atoms with Crippen LogP contribution in [0.25, 0.3) is 0 Å². The van der Waals surface area contributed by atoms with E-state index in [-0.39, 0.29) is 51.9 Å². The van der Waals surface area contributed by atoms with E-state index < -0.39 is 0 Å². The maximum absolute atomic E-state index is 11.5. The Labute approximate surface area is 123 Å². The average Bonchev–Trinajstić information content (AvgIpc) is 2.45. The maximum atomic E-state index is 11.5. The molecular weight excluding hydrogens is 352 g/mol. The van der Waals surface area contributed by atoms with Gasteiger partial charge in [0.25, 0.3) is 5.91 Å². The van der Waals surface area contributed by atoms with Crippen LogP contribution in [0.15, 0.2) is 0 Å². The molecule has 17 heavy (non-hydrogen) atoms. The number of rotatable bonds is 1. The molecule has 3 N–H and O–H groups in total. The van der Waals surface area contributed by atoms with Crippen molar-refractivity contribution in [3.63, 3.8) is 0 Å². The molecule has 100 valence electrons. The fraction of sp³-hybridized carbons (Fsp3) is 0.818. The minimum atomic E-state index is -0.202. The summed E-state index contributed by atoms with van der Waals surface area (Å²) in [6, 6.07) is -0.345. The van der Waals surface area contributed by atoms with Gasteiger partial charge in [-0.15, -0.1) is 0 Å². The number of carbonyl (C=O) groups excluding carboxylic acids is 2. The molecule has 0 radical (unpaired) electrons. The first kappa shape index (κ1) is 17.1. The van der Waals surface area contributed by atoms with Gasteiger partial charge in [0.15, 0.2) is 6.04 Å². The summed E-state index contributed by atoms with van der Waals surface area (Å²) in [4.78, 5) is 22.6. The molecule has 1 unspecified atom stereocenters. The van der Waals surface area contributed by atoms with Crippen molar-refractivity contribution in [2.24, 2.45) is 5.92 Å². The zero-order valence-electron chi connectivity index (χ0n) is 9.75. The minimum absolute atomic E-state index is 0. The van der Waals surface area contributed by atoms with Crippen LogP contribution in [-0.4, -0.2) is 18.0 Å². The number of nitrogens with one attached hydrogen (secondary N) is 1. The van der Waals surface area contributed by atoms with Crippen molar-refractivity contribution in [2.45, 2.75) is 51.0 Å². The Balaban J connectivity index is 0.00000128. The molecule has 0 aromatic heterocycles. The minimum Gasteiger partial charge on any atom is -1.00 e. The van der Waals surface area contributed by atoms with Gasteiger partial charge in [-0.25, -0.2) is 10.1 Å². The van der Waals surface area contributed by atoms with Crippen LogP contribution >= 0.6 is 0 Å². The predicted octanol–water partition coefficient (Wildman–Crippen LogP) is -5.46. The lowest BCUT2D eigenvalue weighted by Crippen LogP contribution is -3.00. The molecule has 1 saturated heterocycles. The van der Waals surface area contributed by atoms with E-state index in [4.69, 9.17) is 0 Å². The van der Waals surface area contributed by atoms with Crippen molar-refractivity contribution in [1.82, 2.24) is 5.32 Å². The molecule has 0 aromatic rings. The monoisotopic (exact) mass is 369 g/mol. The van der Waals surface area contributed by atoms with Gasteiger partial charge in [-0.3, -0.25) is 10.1 Å². The van der Waals surface area contributed by atoms with E-state index in [1.807, 2.05) is 0 Å². The fourth-order valence-corrected chi connectivity index (χ4v) is 2.68. The number of hydrogen-bond acceptors (Lipinski definition) is 2. The number of halogens is 2. The SMILES string of the molecule is O=C1NC(=O)C(C2CCCCCCC2)[NH2+]1.[Br-].[Br-]. The van der Waals surface area contributed by atoms with Crippen molar-refractivity contribution in [2.75, 3.05) is 0 Å². The van der Waals surface area contributed by atoms with Crippen molar-refractivity contribution < 1.29 is 48.9 Å². The van der Waals surface area contributed by atoms with E-state index in [0.717, 1.165) is 12.8 Å². The predicted molar refractivity (Wildman–Crippen MR) is 55.1 cm³/mol. The lowest BCUT2D eigenvalue weighted by Gasteiger charge is -2.20. The Morgan fingerprint density at radius 2 is 1.47 bits per heavy atom. The van der Waals surface area contributed by atoms with Crippen molar-refractivity contribution >= 4 is 11.9 Å². The zero-order chi connectivity index (χ0) is 10.7. The number of quaternary nitrogens is 1. The van der Waals surface area contributed by atoms with Gasteiger partial charge in [-0.1, -0.05) is 32.1 Å². The molecule has 0 spiro atoms. The van der Waals surface area contributed by atoms with Crippen LogP contribution < -0.4 is 44.6 Å². The summed E-state index contributed by atoms with van der Waals surface area (Å²) in [5, 5.41) is 3.94. The second-order valence-electron chi connectivity index (χ2n) is 4.65. The Kier molecular flexibility index (Phi) is 8.24. The summed E-state index contributed by atoms with van der Waals surface area (Å²) in [6.07, 6.45) is 8.49. The van der Waals surface area contributed by atoms with Crippen LogP contribution in [0.2, 0.25) is 0 Å². The Morgan fingerprint density at radius 1 is 0.941 bits per heavy atom.